The van der Waals surface area contributed by atoms with Gasteiger partial charge in [0.15, 0.2) is 0 Å². The molecule has 1 aromatic carbocycles. The van der Waals surface area contributed by atoms with E-state index in [9.17, 15) is 18.0 Å². The summed E-state index contributed by atoms with van der Waals surface area (Å²) in [5, 5.41) is 3.02. The van der Waals surface area contributed by atoms with Crippen LogP contribution in [-0.4, -0.2) is 32.0 Å². The largest absolute Gasteiger partial charge is 0.349 e. The van der Waals surface area contributed by atoms with Gasteiger partial charge in [-0.25, -0.2) is 12.7 Å². The van der Waals surface area contributed by atoms with Crippen LogP contribution in [0.4, 0.5) is 5.69 Å². The first-order valence-electron chi connectivity index (χ1n) is 8.36. The smallest absolute Gasteiger partial charge is 0.251 e. The van der Waals surface area contributed by atoms with Crippen molar-refractivity contribution in [2.45, 2.75) is 45.1 Å². The molecule has 2 amide bonds. The molecule has 1 saturated carbocycles. The zero-order chi connectivity index (χ0) is 17.3. The van der Waals surface area contributed by atoms with Gasteiger partial charge < -0.3 is 5.32 Å². The minimum Gasteiger partial charge on any atom is -0.349 e. The van der Waals surface area contributed by atoms with E-state index in [0.717, 1.165) is 30.0 Å². The van der Waals surface area contributed by atoms with Crippen LogP contribution in [0.1, 0.15) is 49.4 Å². The Morgan fingerprint density at radius 2 is 1.75 bits per heavy atom. The van der Waals surface area contributed by atoms with Crippen molar-refractivity contribution < 1.29 is 18.0 Å². The number of hydrogen-bond acceptors (Lipinski definition) is 4. The Balaban J connectivity index is 1.73. The first-order chi connectivity index (χ1) is 11.4. The van der Waals surface area contributed by atoms with Crippen molar-refractivity contribution in [2.75, 3.05) is 10.1 Å². The molecule has 1 saturated heterocycles. The van der Waals surface area contributed by atoms with Crippen LogP contribution in [0, 0.1) is 5.92 Å². The lowest BCUT2D eigenvalue weighted by Crippen LogP contribution is -2.36. The molecule has 0 radical (unpaired) electrons. The molecule has 130 valence electrons. The van der Waals surface area contributed by atoms with Gasteiger partial charge in [-0.3, -0.25) is 9.59 Å². The molecule has 24 heavy (non-hydrogen) atoms. The van der Waals surface area contributed by atoms with E-state index in [1.165, 1.54) is 18.6 Å². The summed E-state index contributed by atoms with van der Waals surface area (Å²) in [4.78, 5) is 24.3. The van der Waals surface area contributed by atoms with Crippen molar-refractivity contribution in [3.63, 3.8) is 0 Å². The third-order valence-corrected chi connectivity index (χ3v) is 6.53. The maximum absolute atomic E-state index is 12.3. The van der Waals surface area contributed by atoms with Crippen molar-refractivity contribution in [1.82, 2.24) is 5.32 Å². The zero-order valence-corrected chi connectivity index (χ0v) is 14.5. The molecule has 3 rings (SSSR count). The molecule has 2 aliphatic rings. The fourth-order valence-corrected chi connectivity index (χ4v) is 5.17. The fraction of sp³-hybridized carbons (Fsp3) is 0.529. The molecule has 1 aliphatic carbocycles. The Kier molecular flexibility index (Phi) is 4.62. The summed E-state index contributed by atoms with van der Waals surface area (Å²) in [5.41, 5.74) is 0.764. The first-order valence-corrected chi connectivity index (χ1v) is 9.97. The summed E-state index contributed by atoms with van der Waals surface area (Å²) in [7, 11) is -3.61. The van der Waals surface area contributed by atoms with Gasteiger partial charge in [0.25, 0.3) is 5.91 Å². The number of nitrogens with zero attached hydrogens (tertiary/aromatic N) is 1. The highest BCUT2D eigenvalue weighted by Gasteiger charge is 2.41. The number of sulfonamides is 1. The molecule has 1 N–H and O–H groups in total. The van der Waals surface area contributed by atoms with Crippen molar-refractivity contribution in [3.8, 4) is 0 Å². The van der Waals surface area contributed by atoms with E-state index in [1.54, 1.807) is 19.1 Å². The second-order valence-electron chi connectivity index (χ2n) is 6.64. The second kappa shape index (κ2) is 6.55. The van der Waals surface area contributed by atoms with Crippen molar-refractivity contribution in [2.24, 2.45) is 5.92 Å². The van der Waals surface area contributed by atoms with Gasteiger partial charge in [0.1, 0.15) is 0 Å². The quantitative estimate of drug-likeness (QED) is 0.904. The molecule has 1 heterocycles. The van der Waals surface area contributed by atoms with Crippen LogP contribution in [0.3, 0.4) is 0 Å². The summed E-state index contributed by atoms with van der Waals surface area (Å²) in [6.45, 7) is 1.60. The molecule has 6 nitrogen and oxygen atoms in total. The average Bonchev–Trinajstić information content (AvgIpc) is 2.76. The highest BCUT2D eigenvalue weighted by atomic mass is 32.2. The number of amides is 2. The number of rotatable bonds is 3. The van der Waals surface area contributed by atoms with E-state index in [-0.39, 0.29) is 17.7 Å². The van der Waals surface area contributed by atoms with Crippen LogP contribution in [0.15, 0.2) is 24.3 Å². The zero-order valence-electron chi connectivity index (χ0n) is 13.7. The predicted octanol–water partition coefficient (Wildman–Crippen LogP) is 2.06. The van der Waals surface area contributed by atoms with Gasteiger partial charge in [-0.05, 0) is 37.1 Å². The van der Waals surface area contributed by atoms with Crippen LogP contribution < -0.4 is 9.62 Å². The first kappa shape index (κ1) is 17.0. The van der Waals surface area contributed by atoms with E-state index in [1.807, 2.05) is 0 Å². The van der Waals surface area contributed by atoms with Crippen molar-refractivity contribution in [1.29, 1.82) is 0 Å². The summed E-state index contributed by atoms with van der Waals surface area (Å²) in [5.74, 6) is -1.29. The van der Waals surface area contributed by atoms with Crippen molar-refractivity contribution >= 4 is 27.5 Å². The maximum atomic E-state index is 12.3. The summed E-state index contributed by atoms with van der Waals surface area (Å²) < 4.78 is 25.0. The number of carbonyl (C=O) groups is 2. The van der Waals surface area contributed by atoms with E-state index in [4.69, 9.17) is 0 Å². The molecule has 1 unspecified atom stereocenters. The molecule has 0 bridgehead atoms. The number of nitrogens with one attached hydrogen (secondary N) is 1. The Morgan fingerprint density at radius 3 is 2.29 bits per heavy atom. The van der Waals surface area contributed by atoms with Gasteiger partial charge in [-0.2, -0.15) is 0 Å². The molecule has 1 atom stereocenters. The topological polar surface area (TPSA) is 83.6 Å². The number of benzene rings is 1. The van der Waals surface area contributed by atoms with E-state index in [2.05, 4.69) is 5.32 Å². The molecular formula is C17H22N2O4S. The fourth-order valence-electron chi connectivity index (χ4n) is 3.35. The molecule has 1 aliphatic heterocycles. The minimum absolute atomic E-state index is 0.155. The van der Waals surface area contributed by atoms with Crippen LogP contribution in [0.25, 0.3) is 0 Å². The van der Waals surface area contributed by atoms with Gasteiger partial charge in [0, 0.05) is 11.6 Å². The van der Waals surface area contributed by atoms with Gasteiger partial charge in [0.05, 0.1) is 17.4 Å². The van der Waals surface area contributed by atoms with Crippen LogP contribution in [-0.2, 0) is 14.8 Å². The monoisotopic (exact) mass is 350 g/mol. The van der Waals surface area contributed by atoms with Crippen LogP contribution >= 0.6 is 0 Å². The number of anilines is 1. The third-order valence-electron chi connectivity index (χ3n) is 4.66. The molecule has 1 aromatic rings. The van der Waals surface area contributed by atoms with Gasteiger partial charge >= 0.3 is 0 Å². The molecule has 0 aromatic heterocycles. The summed E-state index contributed by atoms with van der Waals surface area (Å²) in [6.07, 6.45) is 5.50. The average molecular weight is 350 g/mol. The Labute approximate surface area is 142 Å². The van der Waals surface area contributed by atoms with Gasteiger partial charge in [-0.1, -0.05) is 26.2 Å². The highest BCUT2D eigenvalue weighted by Crippen LogP contribution is 2.28. The Morgan fingerprint density at radius 1 is 1.12 bits per heavy atom. The lowest BCUT2D eigenvalue weighted by atomic mass is 9.95. The Bertz CT molecular complexity index is 736. The third kappa shape index (κ3) is 3.31. The lowest BCUT2D eigenvalue weighted by Gasteiger charge is -2.23. The predicted molar refractivity (Wildman–Crippen MR) is 91.2 cm³/mol. The maximum Gasteiger partial charge on any atom is 0.251 e. The van der Waals surface area contributed by atoms with Gasteiger partial charge in [-0.15, -0.1) is 0 Å². The molecule has 0 spiro atoms. The normalized spacial score (nSPS) is 24.1. The lowest BCUT2D eigenvalue weighted by molar-refractivity contribution is -0.119. The van der Waals surface area contributed by atoms with Crippen LogP contribution in [0.2, 0.25) is 0 Å². The van der Waals surface area contributed by atoms with E-state index >= 15 is 0 Å². The van der Waals surface area contributed by atoms with Crippen LogP contribution in [0.5, 0.6) is 0 Å². The molecular weight excluding hydrogens is 328 g/mol. The standard InChI is InChI=1S/C17H22N2O4S/c1-12-11-24(22,23)19(17(12)21)15-9-7-13(8-10-15)16(20)18-14-5-3-2-4-6-14/h7-10,12,14H,2-6,11H2,1H3,(H,18,20). The SMILES string of the molecule is CC1CS(=O)(=O)N(c2ccc(C(=O)NC3CCCCC3)cc2)C1=O. The van der Waals surface area contributed by atoms with Crippen molar-refractivity contribution in [3.05, 3.63) is 29.8 Å². The van der Waals surface area contributed by atoms with E-state index < -0.39 is 21.8 Å². The number of carbonyl (C=O) groups excluding carboxylic acids is 2. The van der Waals surface area contributed by atoms with E-state index in [0.29, 0.717) is 11.3 Å². The highest BCUT2D eigenvalue weighted by molar-refractivity contribution is 7.94. The molecule has 7 heteroatoms. The molecule has 2 fully saturated rings. The summed E-state index contributed by atoms with van der Waals surface area (Å²) >= 11 is 0. The minimum atomic E-state index is -3.61. The Hall–Kier alpha value is -1.89. The second-order valence-corrected chi connectivity index (χ2v) is 8.50. The van der Waals surface area contributed by atoms with Gasteiger partial charge in [0.2, 0.25) is 15.9 Å². The summed E-state index contributed by atoms with van der Waals surface area (Å²) in [6, 6.07) is 6.39. The number of hydrogen-bond donors (Lipinski definition) is 1.